The predicted molar refractivity (Wildman–Crippen MR) is 81.0 cm³/mol. The van der Waals surface area contributed by atoms with E-state index in [0.29, 0.717) is 0 Å². The van der Waals surface area contributed by atoms with Crippen LogP contribution in [0.25, 0.3) is 0 Å². The van der Waals surface area contributed by atoms with Crippen LogP contribution in [0.3, 0.4) is 0 Å². The van der Waals surface area contributed by atoms with Crippen molar-refractivity contribution < 1.29 is 4.74 Å². The van der Waals surface area contributed by atoms with Crippen molar-refractivity contribution in [2.45, 2.75) is 13.0 Å². The number of hydrogen-bond donors (Lipinski definition) is 2. The number of halogens is 1. The molecule has 0 aromatic heterocycles. The van der Waals surface area contributed by atoms with E-state index in [0.717, 1.165) is 21.3 Å². The van der Waals surface area contributed by atoms with Gasteiger partial charge < -0.3 is 4.74 Å². The summed E-state index contributed by atoms with van der Waals surface area (Å²) in [6.07, 6.45) is 0. The first-order chi connectivity index (χ1) is 9.17. The van der Waals surface area contributed by atoms with Crippen LogP contribution in [-0.2, 0) is 0 Å². The molecule has 0 amide bonds. The number of hydrazine groups is 1. The van der Waals surface area contributed by atoms with Gasteiger partial charge in [-0.2, -0.15) is 0 Å². The van der Waals surface area contributed by atoms with Gasteiger partial charge in [-0.05, 0) is 30.2 Å². The van der Waals surface area contributed by atoms with Gasteiger partial charge in [0.25, 0.3) is 0 Å². The van der Waals surface area contributed by atoms with E-state index in [1.807, 2.05) is 24.3 Å². The summed E-state index contributed by atoms with van der Waals surface area (Å²) in [5.74, 6) is 6.56. The summed E-state index contributed by atoms with van der Waals surface area (Å²) in [5, 5.41) is 0. The summed E-state index contributed by atoms with van der Waals surface area (Å²) in [7, 11) is 1.66. The van der Waals surface area contributed by atoms with Crippen molar-refractivity contribution in [2.75, 3.05) is 7.11 Å². The molecule has 0 radical (unpaired) electrons. The minimum absolute atomic E-state index is 0.119. The lowest BCUT2D eigenvalue weighted by Crippen LogP contribution is -2.29. The Morgan fingerprint density at radius 1 is 1.16 bits per heavy atom. The first-order valence-corrected chi connectivity index (χ1v) is 6.81. The van der Waals surface area contributed by atoms with Gasteiger partial charge in [0.1, 0.15) is 5.75 Å². The molecule has 0 aliphatic heterocycles. The van der Waals surface area contributed by atoms with Crippen LogP contribution >= 0.6 is 15.9 Å². The number of nitrogens with two attached hydrogens (primary N) is 1. The molecule has 0 saturated carbocycles. The summed E-state index contributed by atoms with van der Waals surface area (Å²) in [6, 6.07) is 14.0. The van der Waals surface area contributed by atoms with Crippen LogP contribution in [0.5, 0.6) is 5.75 Å². The van der Waals surface area contributed by atoms with E-state index >= 15 is 0 Å². The Morgan fingerprint density at radius 3 is 2.53 bits per heavy atom. The lowest BCUT2D eigenvalue weighted by Gasteiger charge is -2.21. The molecule has 0 saturated heterocycles. The zero-order valence-corrected chi connectivity index (χ0v) is 12.6. The third kappa shape index (κ3) is 2.97. The summed E-state index contributed by atoms with van der Waals surface area (Å²) in [6.45, 7) is 2.06. The summed E-state index contributed by atoms with van der Waals surface area (Å²) >= 11 is 3.60. The average Bonchev–Trinajstić information content (AvgIpc) is 2.42. The molecule has 19 heavy (non-hydrogen) atoms. The van der Waals surface area contributed by atoms with Gasteiger partial charge >= 0.3 is 0 Å². The second kappa shape index (κ2) is 6.19. The van der Waals surface area contributed by atoms with Crippen LogP contribution in [-0.4, -0.2) is 7.11 Å². The molecule has 2 aromatic carbocycles. The highest BCUT2D eigenvalue weighted by molar-refractivity contribution is 9.10. The molecule has 1 atom stereocenters. The second-order valence-electron chi connectivity index (χ2n) is 4.37. The first kappa shape index (κ1) is 14.1. The van der Waals surface area contributed by atoms with Gasteiger partial charge in [0.15, 0.2) is 0 Å². The highest BCUT2D eigenvalue weighted by Gasteiger charge is 2.18. The van der Waals surface area contributed by atoms with Crippen molar-refractivity contribution in [1.29, 1.82) is 0 Å². The van der Waals surface area contributed by atoms with Crippen molar-refractivity contribution in [1.82, 2.24) is 5.43 Å². The van der Waals surface area contributed by atoms with E-state index in [4.69, 9.17) is 10.6 Å². The molecule has 2 rings (SSSR count). The molecule has 2 aromatic rings. The SMILES string of the molecule is COc1ccccc1C(NN)c1ccc(C)cc1Br. The number of nitrogens with one attached hydrogen (secondary N) is 1. The monoisotopic (exact) mass is 320 g/mol. The zero-order chi connectivity index (χ0) is 13.8. The third-order valence-corrected chi connectivity index (χ3v) is 3.77. The van der Waals surface area contributed by atoms with E-state index in [-0.39, 0.29) is 6.04 Å². The molecule has 4 heteroatoms. The van der Waals surface area contributed by atoms with Crippen LogP contribution in [0.1, 0.15) is 22.7 Å². The highest BCUT2D eigenvalue weighted by atomic mass is 79.9. The predicted octanol–water partition coefficient (Wildman–Crippen LogP) is 3.32. The van der Waals surface area contributed by atoms with E-state index in [1.54, 1.807) is 7.11 Å². The largest absolute Gasteiger partial charge is 0.496 e. The molecule has 3 N–H and O–H groups in total. The van der Waals surface area contributed by atoms with E-state index in [1.165, 1.54) is 5.56 Å². The maximum absolute atomic E-state index is 5.74. The highest BCUT2D eigenvalue weighted by Crippen LogP contribution is 2.33. The van der Waals surface area contributed by atoms with Crippen molar-refractivity contribution in [3.05, 3.63) is 63.6 Å². The minimum atomic E-state index is -0.119. The molecule has 3 nitrogen and oxygen atoms in total. The Hall–Kier alpha value is -1.36. The molecule has 0 bridgehead atoms. The fourth-order valence-corrected chi connectivity index (χ4v) is 2.84. The maximum Gasteiger partial charge on any atom is 0.124 e. The number of rotatable bonds is 4. The molecular weight excluding hydrogens is 304 g/mol. The quantitative estimate of drug-likeness (QED) is 0.671. The smallest absolute Gasteiger partial charge is 0.124 e. The summed E-state index contributed by atoms with van der Waals surface area (Å²) in [5.41, 5.74) is 6.15. The molecule has 100 valence electrons. The number of methoxy groups -OCH3 is 1. The van der Waals surface area contributed by atoms with Crippen LogP contribution in [0, 0.1) is 6.92 Å². The fourth-order valence-electron chi connectivity index (χ4n) is 2.12. The Kier molecular flexibility index (Phi) is 4.58. The van der Waals surface area contributed by atoms with Gasteiger partial charge in [0, 0.05) is 10.0 Å². The fraction of sp³-hybridized carbons (Fsp3) is 0.200. The van der Waals surface area contributed by atoms with Gasteiger partial charge in [-0.3, -0.25) is 5.84 Å². The zero-order valence-electron chi connectivity index (χ0n) is 11.0. The van der Waals surface area contributed by atoms with Crippen LogP contribution < -0.4 is 16.0 Å². The van der Waals surface area contributed by atoms with E-state index < -0.39 is 0 Å². The van der Waals surface area contributed by atoms with Gasteiger partial charge in [-0.1, -0.05) is 46.3 Å². The lowest BCUT2D eigenvalue weighted by atomic mass is 9.97. The number of benzene rings is 2. The molecule has 0 spiro atoms. The topological polar surface area (TPSA) is 47.3 Å². The average molecular weight is 321 g/mol. The first-order valence-electron chi connectivity index (χ1n) is 6.02. The maximum atomic E-state index is 5.74. The van der Waals surface area contributed by atoms with Crippen molar-refractivity contribution >= 4 is 15.9 Å². The van der Waals surface area contributed by atoms with Gasteiger partial charge in [0.2, 0.25) is 0 Å². The lowest BCUT2D eigenvalue weighted by molar-refractivity contribution is 0.404. The van der Waals surface area contributed by atoms with Crippen LogP contribution in [0.2, 0.25) is 0 Å². The minimum Gasteiger partial charge on any atom is -0.496 e. The van der Waals surface area contributed by atoms with Crippen molar-refractivity contribution in [3.8, 4) is 5.75 Å². The third-order valence-electron chi connectivity index (χ3n) is 3.08. The molecule has 0 aliphatic rings. The van der Waals surface area contributed by atoms with Gasteiger partial charge in [-0.15, -0.1) is 0 Å². The number of para-hydroxylation sites is 1. The summed E-state index contributed by atoms with van der Waals surface area (Å²) in [4.78, 5) is 0. The number of ether oxygens (including phenoxy) is 1. The molecule has 0 aliphatic carbocycles. The summed E-state index contributed by atoms with van der Waals surface area (Å²) < 4.78 is 6.43. The Balaban J connectivity index is 2.50. The van der Waals surface area contributed by atoms with Crippen LogP contribution in [0.15, 0.2) is 46.9 Å². The molecular formula is C15H17BrN2O. The Bertz CT molecular complexity index is 572. The van der Waals surface area contributed by atoms with Crippen molar-refractivity contribution in [3.63, 3.8) is 0 Å². The van der Waals surface area contributed by atoms with E-state index in [2.05, 4.69) is 46.5 Å². The number of hydrogen-bond acceptors (Lipinski definition) is 3. The molecule has 1 unspecified atom stereocenters. The normalized spacial score (nSPS) is 12.2. The Morgan fingerprint density at radius 2 is 1.89 bits per heavy atom. The van der Waals surface area contributed by atoms with Crippen molar-refractivity contribution in [2.24, 2.45) is 5.84 Å². The second-order valence-corrected chi connectivity index (χ2v) is 5.22. The van der Waals surface area contributed by atoms with Crippen LogP contribution in [0.4, 0.5) is 0 Å². The number of aryl methyl sites for hydroxylation is 1. The van der Waals surface area contributed by atoms with E-state index in [9.17, 15) is 0 Å². The standard InChI is InChI=1S/C15H17BrN2O/c1-10-7-8-11(13(16)9-10)15(18-17)12-5-3-4-6-14(12)19-2/h3-9,15,18H,17H2,1-2H3. The Labute approximate surface area is 121 Å². The molecule has 0 fully saturated rings. The molecule has 0 heterocycles. The van der Waals surface area contributed by atoms with Gasteiger partial charge in [0.05, 0.1) is 13.2 Å². The van der Waals surface area contributed by atoms with Gasteiger partial charge in [-0.25, -0.2) is 5.43 Å².